The molecule has 7 nitrogen and oxygen atoms in total. The molecule has 0 amide bonds. The Morgan fingerprint density at radius 2 is 1.77 bits per heavy atom. The van der Waals surface area contributed by atoms with E-state index in [1.54, 1.807) is 12.1 Å². The van der Waals surface area contributed by atoms with Gasteiger partial charge in [0.25, 0.3) is 0 Å². The third-order valence-electron chi connectivity index (χ3n) is 4.42. The molecule has 1 heterocycles. The zero-order valence-electron chi connectivity index (χ0n) is 14.0. The summed E-state index contributed by atoms with van der Waals surface area (Å²) in [6.07, 6.45) is 0.186. The first kappa shape index (κ1) is 20.0. The van der Waals surface area contributed by atoms with Gasteiger partial charge in [-0.15, -0.1) is 0 Å². The average Bonchev–Trinajstić information content (AvgIpc) is 2.60. The lowest BCUT2D eigenvalue weighted by molar-refractivity contribution is -0.165. The summed E-state index contributed by atoms with van der Waals surface area (Å²) >= 11 is 0. The Morgan fingerprint density at radius 1 is 1.12 bits per heavy atom. The molecule has 0 radical (unpaired) electrons. The van der Waals surface area contributed by atoms with Crippen molar-refractivity contribution in [2.75, 3.05) is 13.1 Å². The van der Waals surface area contributed by atoms with E-state index >= 15 is 0 Å². The van der Waals surface area contributed by atoms with E-state index in [2.05, 4.69) is 11.4 Å². The number of piperidine rings is 1. The zero-order chi connectivity index (χ0) is 19.3. The van der Waals surface area contributed by atoms with Crippen LogP contribution in [-0.2, 0) is 9.59 Å². The number of nitrogens with one attached hydrogen (secondary N) is 1. The van der Waals surface area contributed by atoms with Gasteiger partial charge in [0.1, 0.15) is 5.82 Å². The van der Waals surface area contributed by atoms with Gasteiger partial charge in [0.05, 0.1) is 0 Å². The number of halogens is 1. The van der Waals surface area contributed by atoms with Gasteiger partial charge in [0, 0.05) is 6.54 Å². The Bertz CT molecular complexity index is 674. The molecule has 2 aliphatic rings. The van der Waals surface area contributed by atoms with Crippen molar-refractivity contribution >= 4 is 17.5 Å². The summed E-state index contributed by atoms with van der Waals surface area (Å²) in [6, 6.07) is 6.98. The Morgan fingerprint density at radius 3 is 2.31 bits per heavy atom. The van der Waals surface area contributed by atoms with Crippen LogP contribution in [0.4, 0.5) is 4.39 Å². The van der Waals surface area contributed by atoms with E-state index in [4.69, 9.17) is 20.4 Å². The molecule has 1 saturated heterocycles. The quantitative estimate of drug-likeness (QED) is 0.530. The number of fused-ring (bicyclic) bond motifs is 2. The topological polar surface area (TPSA) is 127 Å². The smallest absolute Gasteiger partial charge is 0.335 e. The van der Waals surface area contributed by atoms with Crippen molar-refractivity contribution in [2.24, 2.45) is 11.8 Å². The van der Waals surface area contributed by atoms with Crippen LogP contribution < -0.4 is 5.32 Å². The fourth-order valence-corrected chi connectivity index (χ4v) is 3.19. The molecular formula is C18H22FNO6. The van der Waals surface area contributed by atoms with Crippen molar-refractivity contribution in [3.8, 4) is 0 Å². The molecule has 1 aliphatic heterocycles. The van der Waals surface area contributed by atoms with Gasteiger partial charge in [0.2, 0.25) is 0 Å². The van der Waals surface area contributed by atoms with Gasteiger partial charge >= 0.3 is 11.9 Å². The second-order valence-electron chi connectivity index (χ2n) is 6.49. The van der Waals surface area contributed by atoms with Crippen molar-refractivity contribution in [1.29, 1.82) is 0 Å². The van der Waals surface area contributed by atoms with Crippen LogP contribution in [0.25, 0.3) is 5.57 Å². The summed E-state index contributed by atoms with van der Waals surface area (Å²) in [5, 5.41) is 36.0. The van der Waals surface area contributed by atoms with Crippen LogP contribution in [0.15, 0.2) is 30.3 Å². The Balaban J connectivity index is 0.000000213. The number of hydrogen-bond donors (Lipinski definition) is 5. The highest BCUT2D eigenvalue weighted by Crippen LogP contribution is 2.35. The molecule has 3 rings (SSSR count). The Hall–Kier alpha value is -2.29. The fourth-order valence-electron chi connectivity index (χ4n) is 3.19. The maximum Gasteiger partial charge on any atom is 0.335 e. The summed E-state index contributed by atoms with van der Waals surface area (Å²) in [7, 11) is 0. The van der Waals surface area contributed by atoms with Crippen LogP contribution >= 0.6 is 0 Å². The second-order valence-corrected chi connectivity index (χ2v) is 6.49. The number of rotatable bonds is 4. The number of benzene rings is 1. The third-order valence-corrected chi connectivity index (χ3v) is 4.42. The monoisotopic (exact) mass is 367 g/mol. The number of carboxylic acids is 2. The van der Waals surface area contributed by atoms with Crippen molar-refractivity contribution in [3.63, 3.8) is 0 Å². The lowest BCUT2D eigenvalue weighted by Crippen LogP contribution is -2.39. The number of carboxylic acid groups (broad SMARTS) is 2. The largest absolute Gasteiger partial charge is 0.479 e. The molecule has 8 heteroatoms. The van der Waals surface area contributed by atoms with E-state index in [1.165, 1.54) is 18.1 Å². The summed E-state index contributed by atoms with van der Waals surface area (Å²) < 4.78 is 13.2. The van der Waals surface area contributed by atoms with Crippen molar-refractivity contribution in [2.45, 2.75) is 25.0 Å². The SMILES string of the molecule is Fc1cccc(C2=CC3CNCC(C2)C3)c1.O=C(O)C(O)C(O)C(=O)O. The number of allylic oxidation sites excluding steroid dienone is 1. The van der Waals surface area contributed by atoms with Crippen LogP contribution in [0.1, 0.15) is 18.4 Å². The molecule has 1 aliphatic carbocycles. The second kappa shape index (κ2) is 8.88. The summed E-state index contributed by atoms with van der Waals surface area (Å²) in [5.41, 5.74) is 2.40. The summed E-state index contributed by atoms with van der Waals surface area (Å²) in [6.45, 7) is 2.19. The molecule has 0 saturated carbocycles. The lowest BCUT2D eigenvalue weighted by atomic mass is 9.78. The molecule has 2 bridgehead atoms. The average molecular weight is 367 g/mol. The maximum absolute atomic E-state index is 13.2. The number of aliphatic hydroxyl groups is 2. The van der Waals surface area contributed by atoms with E-state index in [1.807, 2.05) is 6.07 Å². The highest BCUT2D eigenvalue weighted by molar-refractivity contribution is 5.83. The third kappa shape index (κ3) is 5.35. The molecule has 4 unspecified atom stereocenters. The van der Waals surface area contributed by atoms with Crippen LogP contribution in [0, 0.1) is 17.7 Å². The maximum atomic E-state index is 13.2. The molecule has 142 valence electrons. The predicted molar refractivity (Wildman–Crippen MR) is 90.7 cm³/mol. The van der Waals surface area contributed by atoms with Crippen LogP contribution in [0.3, 0.4) is 0 Å². The first-order valence-electron chi connectivity index (χ1n) is 8.27. The number of aliphatic hydroxyl groups excluding tert-OH is 2. The van der Waals surface area contributed by atoms with Gasteiger partial charge in [-0.25, -0.2) is 14.0 Å². The normalized spacial score (nSPS) is 23.7. The molecule has 1 aromatic rings. The van der Waals surface area contributed by atoms with Crippen LogP contribution in [0.5, 0.6) is 0 Å². The first-order chi connectivity index (χ1) is 12.3. The van der Waals surface area contributed by atoms with E-state index in [0.29, 0.717) is 5.92 Å². The van der Waals surface area contributed by atoms with Gasteiger partial charge in [0.15, 0.2) is 12.2 Å². The van der Waals surface area contributed by atoms with Crippen LogP contribution in [0.2, 0.25) is 0 Å². The van der Waals surface area contributed by atoms with Gasteiger partial charge in [-0.3, -0.25) is 0 Å². The lowest BCUT2D eigenvalue weighted by Gasteiger charge is -2.34. The summed E-state index contributed by atoms with van der Waals surface area (Å²) in [5.74, 6) is -2.29. The predicted octanol–water partition coefficient (Wildman–Crippen LogP) is 0.716. The number of hydrogen-bond acceptors (Lipinski definition) is 5. The highest BCUT2D eigenvalue weighted by atomic mass is 19.1. The highest BCUT2D eigenvalue weighted by Gasteiger charge is 2.29. The molecular weight excluding hydrogens is 345 g/mol. The van der Waals surface area contributed by atoms with E-state index in [0.717, 1.165) is 31.0 Å². The molecule has 1 aromatic carbocycles. The van der Waals surface area contributed by atoms with E-state index in [9.17, 15) is 14.0 Å². The minimum Gasteiger partial charge on any atom is -0.479 e. The van der Waals surface area contributed by atoms with Crippen molar-refractivity contribution in [3.05, 3.63) is 41.7 Å². The molecule has 26 heavy (non-hydrogen) atoms. The number of carbonyl (C=O) groups is 2. The van der Waals surface area contributed by atoms with E-state index < -0.39 is 24.1 Å². The van der Waals surface area contributed by atoms with E-state index in [-0.39, 0.29) is 5.82 Å². The fraction of sp³-hybridized carbons (Fsp3) is 0.444. The summed E-state index contributed by atoms with van der Waals surface area (Å²) in [4.78, 5) is 19.5. The molecule has 1 fully saturated rings. The molecule has 0 spiro atoms. The van der Waals surface area contributed by atoms with Crippen molar-refractivity contribution in [1.82, 2.24) is 5.32 Å². The minimum atomic E-state index is -2.27. The van der Waals surface area contributed by atoms with Crippen LogP contribution in [-0.4, -0.2) is 57.7 Å². The molecule has 4 atom stereocenters. The van der Waals surface area contributed by atoms with Gasteiger partial charge in [-0.05, 0) is 54.5 Å². The van der Waals surface area contributed by atoms with Gasteiger partial charge in [-0.2, -0.15) is 0 Å². The Kier molecular flexibility index (Phi) is 6.84. The van der Waals surface area contributed by atoms with Crippen molar-refractivity contribution < 1.29 is 34.4 Å². The molecule has 0 aromatic heterocycles. The minimum absolute atomic E-state index is 0.132. The first-order valence-corrected chi connectivity index (χ1v) is 8.27. The Labute approximate surface area is 149 Å². The van der Waals surface area contributed by atoms with Gasteiger partial charge in [-0.1, -0.05) is 18.2 Å². The number of aliphatic carboxylic acids is 2. The molecule has 5 N–H and O–H groups in total. The zero-order valence-corrected chi connectivity index (χ0v) is 14.0. The van der Waals surface area contributed by atoms with Gasteiger partial charge < -0.3 is 25.7 Å². The standard InChI is InChI=1S/C14H16FN.C4H6O6/c15-14-3-1-2-12(7-14)13-5-10-4-11(6-13)9-16-8-10;5-1(3(7)8)2(6)4(9)10/h1-3,5,7,10-11,16H,4,6,8-9H2;1-2,5-6H,(H,7,8)(H,9,10).